The van der Waals surface area contributed by atoms with Gasteiger partial charge in [-0.3, -0.25) is 19.3 Å². The molecule has 22 heteroatoms. The molecular weight excluding hydrogens is 800 g/mol. The molecule has 3 heterocycles. The number of nitrogens with one attached hydrogen (secondary N) is 2. The van der Waals surface area contributed by atoms with Crippen molar-refractivity contribution in [2.75, 3.05) is 112 Å². The van der Waals surface area contributed by atoms with E-state index in [1.165, 1.54) is 13.8 Å². The van der Waals surface area contributed by atoms with Crippen molar-refractivity contribution in [1.82, 2.24) is 20.4 Å². The van der Waals surface area contributed by atoms with Gasteiger partial charge >= 0.3 is 0 Å². The van der Waals surface area contributed by atoms with Gasteiger partial charge in [-0.2, -0.15) is 0 Å². The molecule has 0 aliphatic carbocycles. The number of likely N-dealkylation sites (tertiary alicyclic amines) is 1. The van der Waals surface area contributed by atoms with Gasteiger partial charge < -0.3 is 89.2 Å². The fraction of sp³-hybridized carbons (Fsp3) is 0.921. The number of amides is 3. The Morgan fingerprint density at radius 3 is 1.47 bits per heavy atom. The van der Waals surface area contributed by atoms with Crippen molar-refractivity contribution in [3.63, 3.8) is 0 Å². The van der Waals surface area contributed by atoms with E-state index in [0.717, 1.165) is 12.8 Å². The van der Waals surface area contributed by atoms with Crippen LogP contribution in [0.5, 0.6) is 0 Å². The summed E-state index contributed by atoms with van der Waals surface area (Å²) >= 11 is 0. The molecule has 0 spiro atoms. The van der Waals surface area contributed by atoms with Crippen LogP contribution in [-0.4, -0.2) is 243 Å². The summed E-state index contributed by atoms with van der Waals surface area (Å²) in [4.78, 5) is 40.4. The molecule has 0 saturated carbocycles. The van der Waals surface area contributed by atoms with Gasteiger partial charge in [-0.1, -0.05) is 6.92 Å². The van der Waals surface area contributed by atoms with Gasteiger partial charge in [0.15, 0.2) is 12.6 Å². The lowest BCUT2D eigenvalue weighted by Crippen LogP contribution is -2.64. The number of aliphatic hydroxyl groups excluding tert-OH is 7. The van der Waals surface area contributed by atoms with Crippen molar-refractivity contribution in [1.29, 1.82) is 0 Å². The minimum absolute atomic E-state index is 0.0371. The zero-order valence-electron chi connectivity index (χ0n) is 35.1. The average Bonchev–Trinajstić information content (AvgIpc) is 3.66. The lowest BCUT2D eigenvalue weighted by Gasteiger charge is -2.42. The van der Waals surface area contributed by atoms with Crippen molar-refractivity contribution in [3.8, 4) is 0 Å². The normalized spacial score (nSPS) is 30.8. The SMILES string of the molecule is CC[C@@H]1C[C@@H](CO)CN1C(=O)CCN(CCOCCOCCO[C@@H]1OC(CO)[C@H](O)[C@H](O)C1NC(C)=O)CCOCCOCCO[C@@H]1OC(CO)[C@H](O)[C@H](O)C1NC(C)=O. The fourth-order valence-electron chi connectivity index (χ4n) is 7.27. The number of hydrogen-bond acceptors (Lipinski definition) is 19. The Morgan fingerprint density at radius 2 is 1.07 bits per heavy atom. The molecule has 4 unspecified atom stereocenters. The third-order valence-corrected chi connectivity index (χ3v) is 10.6. The number of ether oxygens (including phenoxy) is 8. The number of carbonyl (C=O) groups is 3. The van der Waals surface area contributed by atoms with Crippen LogP contribution in [0.25, 0.3) is 0 Å². The van der Waals surface area contributed by atoms with Crippen molar-refractivity contribution in [2.24, 2.45) is 5.92 Å². The fourth-order valence-corrected chi connectivity index (χ4v) is 7.27. The maximum absolute atomic E-state index is 13.2. The first-order chi connectivity index (χ1) is 28.8. The lowest BCUT2D eigenvalue weighted by atomic mass is 9.97. The monoisotopic (exact) mass is 870 g/mol. The molecule has 350 valence electrons. The zero-order chi connectivity index (χ0) is 44.0. The molecule has 3 fully saturated rings. The number of aliphatic hydroxyl groups is 7. The summed E-state index contributed by atoms with van der Waals surface area (Å²) in [5.74, 6) is -0.782. The maximum atomic E-state index is 13.2. The second kappa shape index (κ2) is 28.5. The Hall–Kier alpha value is -2.23. The van der Waals surface area contributed by atoms with E-state index in [9.17, 15) is 50.1 Å². The van der Waals surface area contributed by atoms with Gasteiger partial charge in [-0.05, 0) is 12.8 Å². The van der Waals surface area contributed by atoms with E-state index < -0.39 is 86.3 Å². The largest absolute Gasteiger partial charge is 0.396 e. The van der Waals surface area contributed by atoms with Crippen LogP contribution >= 0.6 is 0 Å². The van der Waals surface area contributed by atoms with Crippen LogP contribution in [0.4, 0.5) is 0 Å². The molecule has 0 aromatic carbocycles. The topological polar surface area (TPSA) is 297 Å². The van der Waals surface area contributed by atoms with Crippen molar-refractivity contribution in [3.05, 3.63) is 0 Å². The first kappa shape index (κ1) is 52.1. The molecule has 0 aromatic rings. The average molecular weight is 871 g/mol. The highest BCUT2D eigenvalue weighted by Gasteiger charge is 2.46. The number of nitrogens with zero attached hydrogens (tertiary/aromatic N) is 2. The molecule has 9 N–H and O–H groups in total. The van der Waals surface area contributed by atoms with E-state index in [4.69, 9.17) is 37.9 Å². The van der Waals surface area contributed by atoms with Crippen LogP contribution in [-0.2, 0) is 52.3 Å². The van der Waals surface area contributed by atoms with Crippen LogP contribution in [0.1, 0.15) is 40.0 Å². The summed E-state index contributed by atoms with van der Waals surface area (Å²) in [7, 11) is 0. The molecule has 3 saturated heterocycles. The molecule has 0 radical (unpaired) electrons. The Labute approximate surface area is 351 Å². The van der Waals surface area contributed by atoms with E-state index in [1.807, 2.05) is 11.8 Å². The molecule has 3 amide bonds. The minimum atomic E-state index is -1.41. The number of rotatable bonds is 29. The predicted molar refractivity (Wildman–Crippen MR) is 208 cm³/mol. The van der Waals surface area contributed by atoms with Crippen molar-refractivity contribution in [2.45, 2.75) is 107 Å². The lowest BCUT2D eigenvalue weighted by molar-refractivity contribution is -0.272. The molecule has 0 bridgehead atoms. The van der Waals surface area contributed by atoms with Gasteiger partial charge in [0.1, 0.15) is 48.7 Å². The third kappa shape index (κ3) is 17.1. The highest BCUT2D eigenvalue weighted by atomic mass is 16.7. The van der Waals surface area contributed by atoms with Crippen LogP contribution in [0.3, 0.4) is 0 Å². The van der Waals surface area contributed by atoms with Gasteiger partial charge in [-0.15, -0.1) is 0 Å². The third-order valence-electron chi connectivity index (χ3n) is 10.6. The Kier molecular flexibility index (Phi) is 24.7. The summed E-state index contributed by atoms with van der Waals surface area (Å²) in [5.41, 5.74) is 0. The first-order valence-corrected chi connectivity index (χ1v) is 20.8. The van der Waals surface area contributed by atoms with Crippen molar-refractivity contribution >= 4 is 17.7 Å². The number of hydrogen-bond donors (Lipinski definition) is 9. The van der Waals surface area contributed by atoms with Gasteiger partial charge in [0.25, 0.3) is 0 Å². The van der Waals surface area contributed by atoms with Gasteiger partial charge in [0.05, 0.1) is 79.3 Å². The van der Waals surface area contributed by atoms with E-state index in [2.05, 4.69) is 15.5 Å². The van der Waals surface area contributed by atoms with Crippen LogP contribution in [0.15, 0.2) is 0 Å². The van der Waals surface area contributed by atoms with Gasteiger partial charge in [-0.25, -0.2) is 0 Å². The smallest absolute Gasteiger partial charge is 0.224 e. The first-order valence-electron chi connectivity index (χ1n) is 20.8. The Balaban J connectivity index is 1.36. The Morgan fingerprint density at radius 1 is 0.633 bits per heavy atom. The molecule has 22 nitrogen and oxygen atoms in total. The molecule has 3 rings (SSSR count). The molecule has 12 atom stereocenters. The summed E-state index contributed by atoms with van der Waals surface area (Å²) in [5, 5.41) is 74.7. The van der Waals surface area contributed by atoms with E-state index in [-0.39, 0.29) is 77.3 Å². The van der Waals surface area contributed by atoms with E-state index >= 15 is 0 Å². The molecule has 3 aliphatic rings. The summed E-state index contributed by atoms with van der Waals surface area (Å²) in [6.45, 7) is 7.65. The molecule has 0 aromatic heterocycles. The summed E-state index contributed by atoms with van der Waals surface area (Å²) < 4.78 is 45.1. The standard InChI is InChI=1S/C38H70N4O18/c1-4-27-19-26(21-43)20-42(27)30(48)5-6-41(7-9-53-11-13-55-15-17-57-37-31(39-24(2)46)35(51)33(49)28(22-44)59-37)8-10-54-12-14-56-16-18-58-38-32(40-25(3)47)36(52)34(50)29(23-45)60-38/h26-29,31-38,43-45,49-52H,4-23H2,1-3H3,(H,39,46)(H,40,47)/t26-,27-,28?,29?,31?,32?,33+,34+,35-,36-,37-,38-/m1/s1. The second-order valence-corrected chi connectivity index (χ2v) is 15.0. The quantitative estimate of drug-likeness (QED) is 0.0319. The van der Waals surface area contributed by atoms with Gasteiger partial charge in [0.2, 0.25) is 17.7 Å². The minimum Gasteiger partial charge on any atom is -0.396 e. The van der Waals surface area contributed by atoms with Crippen LogP contribution in [0.2, 0.25) is 0 Å². The Bertz CT molecular complexity index is 1160. The van der Waals surface area contributed by atoms with Gasteiger partial charge in [0, 0.05) is 65.0 Å². The van der Waals surface area contributed by atoms with E-state index in [0.29, 0.717) is 45.8 Å². The zero-order valence-corrected chi connectivity index (χ0v) is 35.1. The van der Waals surface area contributed by atoms with Crippen LogP contribution in [0, 0.1) is 5.92 Å². The summed E-state index contributed by atoms with van der Waals surface area (Å²) in [6, 6.07) is -1.97. The van der Waals surface area contributed by atoms with E-state index in [1.54, 1.807) is 0 Å². The highest BCUT2D eigenvalue weighted by molar-refractivity contribution is 5.77. The predicted octanol–water partition coefficient (Wildman–Crippen LogP) is -4.72. The van der Waals surface area contributed by atoms with Crippen molar-refractivity contribution < 1.29 is 88.0 Å². The second-order valence-electron chi connectivity index (χ2n) is 15.0. The molecule has 60 heavy (non-hydrogen) atoms. The van der Waals surface area contributed by atoms with Crippen LogP contribution < -0.4 is 10.6 Å². The molecular formula is C38H70N4O18. The highest BCUT2D eigenvalue weighted by Crippen LogP contribution is 2.26. The number of carbonyl (C=O) groups excluding carboxylic acids is 3. The summed E-state index contributed by atoms with van der Waals surface area (Å²) in [6.07, 6.45) is -8.12. The maximum Gasteiger partial charge on any atom is 0.224 e. The molecule has 3 aliphatic heterocycles.